The van der Waals surface area contributed by atoms with E-state index in [4.69, 9.17) is 5.73 Å². The van der Waals surface area contributed by atoms with Gasteiger partial charge in [-0.3, -0.25) is 0 Å². The van der Waals surface area contributed by atoms with Crippen molar-refractivity contribution >= 4 is 12.6 Å². The molecule has 0 aromatic heterocycles. The van der Waals surface area contributed by atoms with E-state index in [-0.39, 0.29) is 0 Å². The Balaban J connectivity index is 0. The van der Waals surface area contributed by atoms with Gasteiger partial charge in [0.05, 0.1) is 0 Å². The van der Waals surface area contributed by atoms with Crippen molar-refractivity contribution in [3.8, 4) is 0 Å². The maximum atomic E-state index is 4.85. The maximum absolute atomic E-state index is 4.85. The molecule has 0 rings (SSSR count). The van der Waals surface area contributed by atoms with Gasteiger partial charge >= 0.3 is 0 Å². The first-order chi connectivity index (χ1) is 4.72. The van der Waals surface area contributed by atoms with Gasteiger partial charge in [0.25, 0.3) is 0 Å². The lowest BCUT2D eigenvalue weighted by Crippen LogP contribution is -1.87. The van der Waals surface area contributed by atoms with E-state index >= 15 is 0 Å². The molecule has 10 heavy (non-hydrogen) atoms. The molecule has 0 spiro atoms. The lowest BCUT2D eigenvalue weighted by molar-refractivity contribution is 1.14. The predicted molar refractivity (Wildman–Crippen MR) is 52.2 cm³/mol. The van der Waals surface area contributed by atoms with Crippen LogP contribution in [0.15, 0.2) is 36.3 Å². The Morgan fingerprint density at radius 3 is 2.10 bits per heavy atom. The third kappa shape index (κ3) is 15.6. The van der Waals surface area contributed by atoms with Crippen LogP contribution in [0.25, 0.3) is 0 Å². The fourth-order valence-corrected chi connectivity index (χ4v) is 0.294. The Bertz CT molecular complexity index is 116. The molecule has 1 nitrogen and oxygen atoms in total. The van der Waals surface area contributed by atoms with Crippen LogP contribution in [0.5, 0.6) is 0 Å². The van der Waals surface area contributed by atoms with Crippen LogP contribution in [0.1, 0.15) is 6.92 Å². The molecule has 0 heterocycles. The van der Waals surface area contributed by atoms with Crippen molar-refractivity contribution in [2.75, 3.05) is 6.54 Å². The summed E-state index contributed by atoms with van der Waals surface area (Å²) < 4.78 is 0. The molecule has 0 fully saturated rings. The molecule has 0 radical (unpaired) electrons. The Morgan fingerprint density at radius 2 is 2.00 bits per heavy atom. The average Bonchev–Trinajstić information content (AvgIpc) is 1.90. The standard InChI is InChI=1S/C6H8S.C2H7N/c1-3-5-6(7)4-2;1-2-3/h3-5,7H,1-2H2;2-3H2,1H3/b6-5+;. The van der Waals surface area contributed by atoms with Crippen molar-refractivity contribution in [2.45, 2.75) is 6.92 Å². The molecule has 0 atom stereocenters. The van der Waals surface area contributed by atoms with Crippen molar-refractivity contribution in [3.05, 3.63) is 36.3 Å². The van der Waals surface area contributed by atoms with Gasteiger partial charge in [-0.05, 0) is 12.6 Å². The van der Waals surface area contributed by atoms with Gasteiger partial charge < -0.3 is 5.73 Å². The minimum Gasteiger partial charge on any atom is -0.331 e. The van der Waals surface area contributed by atoms with Crippen molar-refractivity contribution < 1.29 is 0 Å². The number of thiol groups is 1. The van der Waals surface area contributed by atoms with Gasteiger partial charge in [0.2, 0.25) is 0 Å². The fourth-order valence-electron chi connectivity index (χ4n) is 0.189. The monoisotopic (exact) mass is 157 g/mol. The van der Waals surface area contributed by atoms with E-state index in [9.17, 15) is 0 Å². The minimum absolute atomic E-state index is 0.750. The zero-order valence-corrected chi connectivity index (χ0v) is 7.27. The summed E-state index contributed by atoms with van der Waals surface area (Å²) in [6.07, 6.45) is 5.10. The first-order valence-corrected chi connectivity index (χ1v) is 3.51. The zero-order valence-electron chi connectivity index (χ0n) is 6.38. The van der Waals surface area contributed by atoms with Gasteiger partial charge in [-0.1, -0.05) is 32.2 Å². The van der Waals surface area contributed by atoms with Crippen LogP contribution in [0.4, 0.5) is 0 Å². The summed E-state index contributed by atoms with van der Waals surface area (Å²) in [5.41, 5.74) is 4.85. The first-order valence-electron chi connectivity index (χ1n) is 3.07. The third-order valence-corrected chi connectivity index (χ3v) is 0.829. The van der Waals surface area contributed by atoms with E-state index in [2.05, 4.69) is 25.8 Å². The van der Waals surface area contributed by atoms with E-state index in [1.807, 2.05) is 6.92 Å². The summed E-state index contributed by atoms with van der Waals surface area (Å²) in [6, 6.07) is 0. The van der Waals surface area contributed by atoms with Crippen LogP contribution in [0.2, 0.25) is 0 Å². The minimum atomic E-state index is 0.750. The maximum Gasteiger partial charge on any atom is 0.00338 e. The molecule has 0 unspecified atom stereocenters. The van der Waals surface area contributed by atoms with E-state index in [0.29, 0.717) is 0 Å². The van der Waals surface area contributed by atoms with Crippen molar-refractivity contribution in [1.29, 1.82) is 0 Å². The Kier molecular flexibility index (Phi) is 13.9. The van der Waals surface area contributed by atoms with E-state index in [1.54, 1.807) is 18.2 Å². The molecule has 0 saturated heterocycles. The Morgan fingerprint density at radius 1 is 1.60 bits per heavy atom. The topological polar surface area (TPSA) is 26.0 Å². The molecule has 0 aliphatic rings. The number of nitrogens with two attached hydrogens (primary N) is 1. The molecular weight excluding hydrogens is 142 g/mol. The molecule has 0 bridgehead atoms. The van der Waals surface area contributed by atoms with Crippen LogP contribution in [-0.4, -0.2) is 6.54 Å². The van der Waals surface area contributed by atoms with E-state index < -0.39 is 0 Å². The molecule has 2 heteroatoms. The summed E-state index contributed by atoms with van der Waals surface area (Å²) in [4.78, 5) is 0.843. The highest BCUT2D eigenvalue weighted by molar-refractivity contribution is 7.84. The summed E-state index contributed by atoms with van der Waals surface area (Å²) in [7, 11) is 0. The smallest absolute Gasteiger partial charge is 0.00338 e. The number of allylic oxidation sites excluding steroid dienone is 3. The van der Waals surface area contributed by atoms with Crippen LogP contribution in [-0.2, 0) is 0 Å². The second kappa shape index (κ2) is 11.3. The van der Waals surface area contributed by atoms with Gasteiger partial charge in [-0.15, -0.1) is 12.6 Å². The summed E-state index contributed by atoms with van der Waals surface area (Å²) in [5, 5.41) is 0. The van der Waals surface area contributed by atoms with E-state index in [1.165, 1.54) is 0 Å². The summed E-state index contributed by atoms with van der Waals surface area (Å²) in [6.45, 7) is 9.62. The normalized spacial score (nSPS) is 9.30. The van der Waals surface area contributed by atoms with Gasteiger partial charge in [0.15, 0.2) is 0 Å². The molecule has 0 saturated carbocycles. The highest BCUT2D eigenvalue weighted by Crippen LogP contribution is 1.98. The van der Waals surface area contributed by atoms with E-state index in [0.717, 1.165) is 11.4 Å². The van der Waals surface area contributed by atoms with Gasteiger partial charge in [-0.2, -0.15) is 0 Å². The largest absolute Gasteiger partial charge is 0.331 e. The molecule has 58 valence electrons. The molecule has 0 aromatic carbocycles. The molecule has 0 aliphatic carbocycles. The van der Waals surface area contributed by atoms with Crippen LogP contribution in [0.3, 0.4) is 0 Å². The van der Waals surface area contributed by atoms with Crippen LogP contribution in [0, 0.1) is 0 Å². The summed E-state index contributed by atoms with van der Waals surface area (Å²) >= 11 is 3.98. The highest BCUT2D eigenvalue weighted by Gasteiger charge is 1.70. The predicted octanol–water partition coefficient (Wildman–Crippen LogP) is 2.14. The van der Waals surface area contributed by atoms with Gasteiger partial charge in [0, 0.05) is 4.91 Å². The highest BCUT2D eigenvalue weighted by atomic mass is 32.1. The van der Waals surface area contributed by atoms with Gasteiger partial charge in [-0.25, -0.2) is 0 Å². The fraction of sp³-hybridized carbons (Fsp3) is 0.250. The molecule has 0 aromatic rings. The summed E-state index contributed by atoms with van der Waals surface area (Å²) in [5.74, 6) is 0. The van der Waals surface area contributed by atoms with Crippen molar-refractivity contribution in [2.24, 2.45) is 5.73 Å². The lowest BCUT2D eigenvalue weighted by atomic mass is 10.5. The van der Waals surface area contributed by atoms with Gasteiger partial charge in [0.1, 0.15) is 0 Å². The SMILES string of the molecule is C=C/C=C(/S)C=C.CCN. The number of rotatable bonds is 2. The third-order valence-electron chi connectivity index (χ3n) is 0.498. The zero-order chi connectivity index (χ0) is 8.41. The lowest BCUT2D eigenvalue weighted by Gasteiger charge is -1.79. The Hall–Kier alpha value is -0.470. The second-order valence-corrected chi connectivity index (χ2v) is 1.96. The molecule has 2 N–H and O–H groups in total. The number of hydrogen-bond donors (Lipinski definition) is 2. The number of hydrogen-bond acceptors (Lipinski definition) is 2. The molecular formula is C8H15NS. The quantitative estimate of drug-likeness (QED) is 0.466. The van der Waals surface area contributed by atoms with Crippen molar-refractivity contribution in [3.63, 3.8) is 0 Å². The first kappa shape index (κ1) is 12.2. The molecule has 0 aliphatic heterocycles. The van der Waals surface area contributed by atoms with Crippen LogP contribution >= 0.6 is 12.6 Å². The van der Waals surface area contributed by atoms with Crippen molar-refractivity contribution in [1.82, 2.24) is 0 Å². The van der Waals surface area contributed by atoms with Crippen LogP contribution < -0.4 is 5.73 Å². The average molecular weight is 157 g/mol. The molecule has 0 amide bonds. The second-order valence-electron chi connectivity index (χ2n) is 1.44. The Labute approximate surface area is 68.7 Å².